The second-order valence-corrected chi connectivity index (χ2v) is 9.82. The molecule has 3 rings (SSSR count). The number of hydrogen-bond acceptors (Lipinski definition) is 4. The van der Waals surface area contributed by atoms with Crippen LogP contribution in [0, 0.1) is 11.8 Å². The van der Waals surface area contributed by atoms with Crippen LogP contribution in [0.5, 0.6) is 0 Å². The summed E-state index contributed by atoms with van der Waals surface area (Å²) < 4.78 is 28.9. The highest BCUT2D eigenvalue weighted by Crippen LogP contribution is 2.26. The maximum absolute atomic E-state index is 12.8. The summed E-state index contributed by atoms with van der Waals surface area (Å²) in [5.74, 6) is 0.845. The van der Waals surface area contributed by atoms with Gasteiger partial charge in [0.05, 0.1) is 6.33 Å². The van der Waals surface area contributed by atoms with Crippen LogP contribution in [0.15, 0.2) is 17.6 Å². The fourth-order valence-corrected chi connectivity index (χ4v) is 5.09. The fraction of sp³-hybridized carbons (Fsp3) is 0.778. The van der Waals surface area contributed by atoms with Gasteiger partial charge in [-0.15, -0.1) is 0 Å². The third-order valence-corrected chi connectivity index (χ3v) is 7.46. The van der Waals surface area contributed by atoms with Gasteiger partial charge in [0, 0.05) is 44.3 Å². The zero-order valence-electron chi connectivity index (χ0n) is 16.0. The average Bonchev–Trinajstić information content (AvgIpc) is 3.13. The molecule has 2 aliphatic heterocycles. The fourth-order valence-electron chi connectivity index (χ4n) is 3.70. The zero-order valence-corrected chi connectivity index (χ0v) is 16.8. The molecule has 0 atom stereocenters. The highest BCUT2D eigenvalue weighted by molar-refractivity contribution is 7.89. The van der Waals surface area contributed by atoms with Crippen molar-refractivity contribution in [1.29, 1.82) is 0 Å². The van der Waals surface area contributed by atoms with E-state index >= 15 is 0 Å². The topological polar surface area (TPSA) is 75.5 Å². The molecule has 0 N–H and O–H groups in total. The molecule has 0 saturated carbocycles. The maximum atomic E-state index is 12.8. The Bertz CT molecular complexity index is 727. The Kier molecular flexibility index (Phi) is 5.72. The minimum absolute atomic E-state index is 0.0527. The monoisotopic (exact) mass is 382 g/mol. The number of nitrogens with zero attached hydrogens (tertiary/aromatic N) is 4. The summed E-state index contributed by atoms with van der Waals surface area (Å²) in [6, 6.07) is 0.169. The summed E-state index contributed by atoms with van der Waals surface area (Å²) in [7, 11) is -3.58. The Morgan fingerprint density at radius 1 is 1.12 bits per heavy atom. The van der Waals surface area contributed by atoms with Crippen LogP contribution in [0.25, 0.3) is 0 Å². The first-order valence-electron chi connectivity index (χ1n) is 9.61. The standard InChI is InChI=1S/C18H30N4O3S/c1-14(2)21-12-17(19-13-21)26(24,25)22-10-6-16(7-11-22)18(23)20-8-4-15(3)5-9-20/h12-16H,4-11H2,1-3H3. The Morgan fingerprint density at radius 3 is 2.27 bits per heavy atom. The molecule has 8 heteroatoms. The SMILES string of the molecule is CC1CCN(C(=O)C2CCN(S(=O)(=O)c3cn(C(C)C)cn3)CC2)CC1. The normalized spacial score (nSPS) is 21.5. The largest absolute Gasteiger partial charge is 0.342 e. The number of imidazole rings is 1. The third kappa shape index (κ3) is 3.96. The minimum Gasteiger partial charge on any atom is -0.342 e. The van der Waals surface area contributed by atoms with Crippen LogP contribution in [0.2, 0.25) is 0 Å². The quantitative estimate of drug-likeness (QED) is 0.799. The van der Waals surface area contributed by atoms with Gasteiger partial charge in [-0.05, 0) is 45.4 Å². The van der Waals surface area contributed by atoms with Gasteiger partial charge in [0.25, 0.3) is 10.0 Å². The van der Waals surface area contributed by atoms with Gasteiger partial charge in [-0.2, -0.15) is 4.31 Å². The lowest BCUT2D eigenvalue weighted by atomic mass is 9.93. The lowest BCUT2D eigenvalue weighted by Gasteiger charge is -2.36. The predicted molar refractivity (Wildman–Crippen MR) is 99.1 cm³/mol. The number of carbonyl (C=O) groups is 1. The highest BCUT2D eigenvalue weighted by atomic mass is 32.2. The number of likely N-dealkylation sites (tertiary alicyclic amines) is 1. The molecule has 0 unspecified atom stereocenters. The number of sulfonamides is 1. The van der Waals surface area contributed by atoms with Crippen molar-refractivity contribution in [3.63, 3.8) is 0 Å². The molecule has 0 radical (unpaired) electrons. The molecular weight excluding hydrogens is 352 g/mol. The highest BCUT2D eigenvalue weighted by Gasteiger charge is 2.35. The van der Waals surface area contributed by atoms with E-state index in [9.17, 15) is 13.2 Å². The summed E-state index contributed by atoms with van der Waals surface area (Å²) in [5, 5.41) is 0.0981. The van der Waals surface area contributed by atoms with E-state index in [-0.39, 0.29) is 22.9 Å². The van der Waals surface area contributed by atoms with Gasteiger partial charge in [-0.1, -0.05) is 6.92 Å². The number of amides is 1. The van der Waals surface area contributed by atoms with Crippen molar-refractivity contribution < 1.29 is 13.2 Å². The first-order valence-corrected chi connectivity index (χ1v) is 11.1. The van der Waals surface area contributed by atoms with E-state index in [2.05, 4.69) is 11.9 Å². The number of carbonyl (C=O) groups excluding carboxylic acids is 1. The first kappa shape index (κ1) is 19.4. The van der Waals surface area contributed by atoms with E-state index < -0.39 is 10.0 Å². The van der Waals surface area contributed by atoms with Gasteiger partial charge in [0.2, 0.25) is 5.91 Å². The molecule has 1 aromatic rings. The number of rotatable bonds is 4. The molecule has 2 fully saturated rings. The van der Waals surface area contributed by atoms with E-state index in [4.69, 9.17) is 0 Å². The van der Waals surface area contributed by atoms with Crippen molar-refractivity contribution in [3.05, 3.63) is 12.5 Å². The van der Waals surface area contributed by atoms with Crippen molar-refractivity contribution in [2.24, 2.45) is 11.8 Å². The number of hydrogen-bond donors (Lipinski definition) is 0. The van der Waals surface area contributed by atoms with Crippen LogP contribution in [-0.4, -0.2) is 59.3 Å². The second kappa shape index (κ2) is 7.68. The van der Waals surface area contributed by atoms with Crippen LogP contribution >= 0.6 is 0 Å². The maximum Gasteiger partial charge on any atom is 0.262 e. The van der Waals surface area contributed by atoms with Gasteiger partial charge in [-0.3, -0.25) is 4.79 Å². The van der Waals surface area contributed by atoms with Gasteiger partial charge in [0.15, 0.2) is 5.03 Å². The smallest absolute Gasteiger partial charge is 0.262 e. The molecule has 0 spiro atoms. The van der Waals surface area contributed by atoms with Gasteiger partial charge in [-0.25, -0.2) is 13.4 Å². The van der Waals surface area contributed by atoms with Gasteiger partial charge < -0.3 is 9.47 Å². The van der Waals surface area contributed by atoms with E-state index in [1.165, 1.54) is 4.31 Å². The van der Waals surface area contributed by atoms with Crippen LogP contribution < -0.4 is 0 Å². The summed E-state index contributed by atoms with van der Waals surface area (Å²) in [6.07, 6.45) is 6.47. The van der Waals surface area contributed by atoms with Crippen LogP contribution in [-0.2, 0) is 14.8 Å². The first-order chi connectivity index (χ1) is 12.3. The molecular formula is C18H30N4O3S. The molecule has 0 aromatic carbocycles. The average molecular weight is 383 g/mol. The Balaban J connectivity index is 1.59. The van der Waals surface area contributed by atoms with E-state index in [0.717, 1.165) is 25.9 Å². The summed E-state index contributed by atoms with van der Waals surface area (Å²) >= 11 is 0. The summed E-state index contributed by atoms with van der Waals surface area (Å²) in [6.45, 7) is 8.64. The lowest BCUT2D eigenvalue weighted by molar-refractivity contribution is -0.138. The Hall–Kier alpha value is -1.41. The van der Waals surface area contributed by atoms with Crippen LogP contribution in [0.4, 0.5) is 0 Å². The predicted octanol–water partition coefficient (Wildman–Crippen LogP) is 2.12. The lowest BCUT2D eigenvalue weighted by Crippen LogP contribution is -2.46. The second-order valence-electron chi connectivity index (χ2n) is 7.94. The van der Waals surface area contributed by atoms with Crippen LogP contribution in [0.1, 0.15) is 52.5 Å². The molecule has 0 aliphatic carbocycles. The third-order valence-electron chi connectivity index (χ3n) is 5.68. The molecule has 26 heavy (non-hydrogen) atoms. The molecule has 7 nitrogen and oxygen atoms in total. The molecule has 0 bridgehead atoms. The number of piperidine rings is 2. The van der Waals surface area contributed by atoms with Gasteiger partial charge >= 0.3 is 0 Å². The van der Waals surface area contributed by atoms with Crippen molar-refractivity contribution in [1.82, 2.24) is 18.8 Å². The zero-order chi connectivity index (χ0) is 18.9. The Morgan fingerprint density at radius 2 is 1.73 bits per heavy atom. The van der Waals surface area contributed by atoms with Crippen molar-refractivity contribution in [2.45, 2.75) is 57.5 Å². The summed E-state index contributed by atoms with van der Waals surface area (Å²) in [5.41, 5.74) is 0. The molecule has 146 valence electrons. The minimum atomic E-state index is -3.58. The van der Waals surface area contributed by atoms with E-state index in [1.54, 1.807) is 17.1 Å². The molecule has 1 amide bonds. The Labute approximate surface area is 156 Å². The van der Waals surface area contributed by atoms with Crippen molar-refractivity contribution in [2.75, 3.05) is 26.2 Å². The van der Waals surface area contributed by atoms with Crippen LogP contribution in [0.3, 0.4) is 0 Å². The van der Waals surface area contributed by atoms with Crippen molar-refractivity contribution in [3.8, 4) is 0 Å². The number of aromatic nitrogens is 2. The van der Waals surface area contributed by atoms with Gasteiger partial charge in [0.1, 0.15) is 0 Å². The summed E-state index contributed by atoms with van der Waals surface area (Å²) in [4.78, 5) is 18.8. The van der Waals surface area contributed by atoms with Crippen molar-refractivity contribution >= 4 is 15.9 Å². The molecule has 2 aliphatic rings. The molecule has 3 heterocycles. The van der Waals surface area contributed by atoms with E-state index in [0.29, 0.717) is 31.8 Å². The van der Waals surface area contributed by atoms with E-state index in [1.807, 2.05) is 18.7 Å². The molecule has 2 saturated heterocycles. The molecule has 1 aromatic heterocycles.